The van der Waals surface area contributed by atoms with Crippen LogP contribution in [0.5, 0.6) is 0 Å². The largest absolute Gasteiger partial charge is 0.374 e. The lowest BCUT2D eigenvalue weighted by atomic mass is 9.71. The van der Waals surface area contributed by atoms with Crippen LogP contribution >= 0.6 is 0 Å². The van der Waals surface area contributed by atoms with Gasteiger partial charge in [-0.15, -0.1) is 0 Å². The van der Waals surface area contributed by atoms with Crippen LogP contribution in [-0.4, -0.2) is 36.0 Å². The Morgan fingerprint density at radius 2 is 2.12 bits per heavy atom. The van der Waals surface area contributed by atoms with Crippen LogP contribution < -0.4 is 11.1 Å². The zero-order valence-corrected chi connectivity index (χ0v) is 15.7. The van der Waals surface area contributed by atoms with Gasteiger partial charge in [0.25, 0.3) is 0 Å². The van der Waals surface area contributed by atoms with Crippen molar-refractivity contribution in [3.05, 3.63) is 17.5 Å². The Bertz CT molecular complexity index is 555. The molecule has 1 atom stereocenters. The van der Waals surface area contributed by atoms with Crippen molar-refractivity contribution in [2.24, 2.45) is 11.1 Å². The van der Waals surface area contributed by atoms with Crippen molar-refractivity contribution in [2.75, 3.05) is 20.2 Å². The van der Waals surface area contributed by atoms with Gasteiger partial charge in [0, 0.05) is 22.7 Å². The average Bonchev–Trinajstić information content (AvgIpc) is 3.12. The molecular formula is C19H34N4O. The Morgan fingerprint density at radius 3 is 2.71 bits per heavy atom. The molecule has 24 heavy (non-hydrogen) atoms. The summed E-state index contributed by atoms with van der Waals surface area (Å²) in [6.07, 6.45) is 8.66. The van der Waals surface area contributed by atoms with Gasteiger partial charge in [0.2, 0.25) is 0 Å². The number of ether oxygens (including phenoxy) is 1. The highest BCUT2D eigenvalue weighted by molar-refractivity contribution is 5.29. The highest BCUT2D eigenvalue weighted by Crippen LogP contribution is 2.50. The molecule has 1 saturated carbocycles. The summed E-state index contributed by atoms with van der Waals surface area (Å²) in [4.78, 5) is 0. The maximum Gasteiger partial charge on any atom is 0.0689 e. The Kier molecular flexibility index (Phi) is 4.80. The number of nitrogens with zero attached hydrogens (tertiary/aromatic N) is 1. The highest BCUT2D eigenvalue weighted by atomic mass is 16.5. The molecule has 2 fully saturated rings. The van der Waals surface area contributed by atoms with Crippen LogP contribution in [0.1, 0.15) is 76.5 Å². The van der Waals surface area contributed by atoms with E-state index < -0.39 is 0 Å². The number of hydrogen-bond acceptors (Lipinski definition) is 4. The van der Waals surface area contributed by atoms with Gasteiger partial charge >= 0.3 is 0 Å². The van der Waals surface area contributed by atoms with E-state index in [0.29, 0.717) is 11.3 Å². The van der Waals surface area contributed by atoms with E-state index in [1.165, 1.54) is 17.7 Å². The maximum atomic E-state index is 6.60. The van der Waals surface area contributed by atoms with E-state index in [4.69, 9.17) is 10.5 Å². The van der Waals surface area contributed by atoms with Crippen LogP contribution in [0.4, 0.5) is 0 Å². The summed E-state index contributed by atoms with van der Waals surface area (Å²) < 4.78 is 6.25. The molecule has 0 aromatic carbocycles. The summed E-state index contributed by atoms with van der Waals surface area (Å²) in [7, 11) is 1.97. The summed E-state index contributed by atoms with van der Waals surface area (Å²) in [5, 5.41) is 10.8. The Hall–Kier alpha value is -0.910. The Morgan fingerprint density at radius 1 is 1.42 bits per heavy atom. The number of nitrogens with one attached hydrogen (secondary N) is 2. The Labute approximate surface area is 146 Å². The van der Waals surface area contributed by atoms with Gasteiger partial charge < -0.3 is 15.8 Å². The van der Waals surface area contributed by atoms with E-state index in [1.54, 1.807) is 0 Å². The zero-order chi connectivity index (χ0) is 17.4. The van der Waals surface area contributed by atoms with Gasteiger partial charge in [0.05, 0.1) is 18.4 Å². The normalized spacial score (nSPS) is 32.1. The molecular weight excluding hydrogens is 300 g/mol. The first-order valence-electron chi connectivity index (χ1n) is 9.38. The van der Waals surface area contributed by atoms with E-state index in [9.17, 15) is 0 Å². The lowest BCUT2D eigenvalue weighted by Crippen LogP contribution is -2.38. The average molecular weight is 335 g/mol. The number of nitrogens with two attached hydrogens (primary N) is 1. The van der Waals surface area contributed by atoms with Crippen LogP contribution in [-0.2, 0) is 10.3 Å². The van der Waals surface area contributed by atoms with Crippen molar-refractivity contribution in [3.8, 4) is 0 Å². The third-order valence-corrected chi connectivity index (χ3v) is 6.05. The smallest absolute Gasteiger partial charge is 0.0689 e. The van der Waals surface area contributed by atoms with E-state index in [0.717, 1.165) is 45.3 Å². The van der Waals surface area contributed by atoms with Crippen LogP contribution in [0.2, 0.25) is 0 Å². The van der Waals surface area contributed by atoms with Crippen LogP contribution in [0, 0.1) is 5.41 Å². The summed E-state index contributed by atoms with van der Waals surface area (Å²) in [6.45, 7) is 8.57. The predicted octanol–water partition coefficient (Wildman–Crippen LogP) is 3.04. The molecule has 1 aromatic rings. The third-order valence-electron chi connectivity index (χ3n) is 6.05. The highest BCUT2D eigenvalue weighted by Gasteiger charge is 2.47. The van der Waals surface area contributed by atoms with E-state index in [-0.39, 0.29) is 11.1 Å². The van der Waals surface area contributed by atoms with Crippen molar-refractivity contribution in [2.45, 2.75) is 76.4 Å². The van der Waals surface area contributed by atoms with Gasteiger partial charge in [-0.3, -0.25) is 5.10 Å². The molecule has 2 aliphatic rings. The van der Waals surface area contributed by atoms with Gasteiger partial charge in [0.15, 0.2) is 0 Å². The molecule has 5 heteroatoms. The van der Waals surface area contributed by atoms with E-state index >= 15 is 0 Å². The lowest BCUT2D eigenvalue weighted by molar-refractivity contribution is -0.0296. The standard InChI is InChI=1S/C19H34N4O/c1-17(2)12-19(24-13-17)7-5-14(6-8-19)16-15(11-22-23-16)18(3,20)9-10-21-4/h11,14,21H,5-10,12-13,20H2,1-4H3,(H,22,23). The fraction of sp³-hybridized carbons (Fsp3) is 0.842. The minimum absolute atomic E-state index is 0.123. The van der Waals surface area contributed by atoms with Crippen molar-refractivity contribution in [1.82, 2.24) is 15.5 Å². The fourth-order valence-corrected chi connectivity index (χ4v) is 4.66. The second kappa shape index (κ2) is 6.43. The van der Waals surface area contributed by atoms with Gasteiger partial charge in [-0.05, 0) is 64.5 Å². The molecule has 2 heterocycles. The van der Waals surface area contributed by atoms with Crippen LogP contribution in [0.3, 0.4) is 0 Å². The van der Waals surface area contributed by atoms with Crippen molar-refractivity contribution < 1.29 is 4.74 Å². The maximum absolute atomic E-state index is 6.60. The number of H-pyrrole nitrogens is 1. The van der Waals surface area contributed by atoms with E-state index in [2.05, 4.69) is 36.3 Å². The van der Waals surface area contributed by atoms with Crippen molar-refractivity contribution in [1.29, 1.82) is 0 Å². The minimum Gasteiger partial charge on any atom is -0.374 e. The van der Waals surface area contributed by atoms with Gasteiger partial charge in [-0.2, -0.15) is 5.10 Å². The number of rotatable bonds is 5. The number of hydrogen-bond donors (Lipinski definition) is 3. The molecule has 3 rings (SSSR count). The number of aromatic nitrogens is 2. The predicted molar refractivity (Wildman–Crippen MR) is 97.0 cm³/mol. The molecule has 1 aliphatic carbocycles. The van der Waals surface area contributed by atoms with E-state index in [1.807, 2.05) is 13.2 Å². The second-order valence-corrected chi connectivity index (χ2v) is 9.06. The van der Waals surface area contributed by atoms with Crippen molar-refractivity contribution >= 4 is 0 Å². The third kappa shape index (κ3) is 3.53. The summed E-state index contributed by atoms with van der Waals surface area (Å²) in [5.41, 5.74) is 9.15. The molecule has 1 spiro atoms. The summed E-state index contributed by atoms with van der Waals surface area (Å²) in [5.74, 6) is 0.526. The molecule has 1 saturated heterocycles. The van der Waals surface area contributed by atoms with Crippen LogP contribution in [0.25, 0.3) is 0 Å². The SMILES string of the molecule is CNCCC(C)(N)c1cn[nH]c1C1CCC2(CC1)CC(C)(C)CO2. The lowest BCUT2D eigenvalue weighted by Gasteiger charge is -2.38. The van der Waals surface area contributed by atoms with Gasteiger partial charge in [-0.25, -0.2) is 0 Å². The molecule has 0 bridgehead atoms. The molecule has 5 nitrogen and oxygen atoms in total. The molecule has 1 aliphatic heterocycles. The van der Waals surface area contributed by atoms with Gasteiger partial charge in [0.1, 0.15) is 0 Å². The molecule has 4 N–H and O–H groups in total. The van der Waals surface area contributed by atoms with Crippen molar-refractivity contribution in [3.63, 3.8) is 0 Å². The Balaban J connectivity index is 1.69. The molecule has 0 radical (unpaired) electrons. The van der Waals surface area contributed by atoms with Crippen LogP contribution in [0.15, 0.2) is 6.20 Å². The monoisotopic (exact) mass is 334 g/mol. The first kappa shape index (κ1) is 17.9. The van der Waals surface area contributed by atoms with Gasteiger partial charge in [-0.1, -0.05) is 13.8 Å². The first-order valence-corrected chi connectivity index (χ1v) is 9.38. The minimum atomic E-state index is -0.341. The summed E-state index contributed by atoms with van der Waals surface area (Å²) >= 11 is 0. The molecule has 0 amide bonds. The summed E-state index contributed by atoms with van der Waals surface area (Å²) in [6, 6.07) is 0. The molecule has 1 aromatic heterocycles. The zero-order valence-electron chi connectivity index (χ0n) is 15.7. The first-order chi connectivity index (χ1) is 11.3. The molecule has 1 unspecified atom stereocenters. The number of aromatic amines is 1. The fourth-order valence-electron chi connectivity index (χ4n) is 4.66. The second-order valence-electron chi connectivity index (χ2n) is 9.06. The molecule has 136 valence electrons. The quantitative estimate of drug-likeness (QED) is 0.773. The topological polar surface area (TPSA) is 76.0 Å².